The van der Waals surface area contributed by atoms with Crippen molar-refractivity contribution in [2.24, 2.45) is 0 Å². The summed E-state index contributed by atoms with van der Waals surface area (Å²) in [4.78, 5) is 12.2. The summed E-state index contributed by atoms with van der Waals surface area (Å²) < 4.78 is 14.4. The van der Waals surface area contributed by atoms with E-state index >= 15 is 0 Å². The van der Waals surface area contributed by atoms with Gasteiger partial charge in [-0.15, -0.1) is 0 Å². The summed E-state index contributed by atoms with van der Waals surface area (Å²) in [5.41, 5.74) is 2.07. The number of amides is 1. The first-order valence-electron chi connectivity index (χ1n) is 6.95. The van der Waals surface area contributed by atoms with E-state index in [1.165, 1.54) is 22.9 Å². The molecule has 0 aliphatic heterocycles. The Hall–Kier alpha value is -3.15. The summed E-state index contributed by atoms with van der Waals surface area (Å²) in [5.74, 6) is -0.789. The molecule has 116 valence electrons. The van der Waals surface area contributed by atoms with Crippen LogP contribution in [0, 0.1) is 12.7 Å². The molecule has 3 aromatic rings. The number of nitrogens with one attached hydrogen (secondary N) is 1. The molecule has 6 heteroatoms. The number of benzene rings is 2. The molecule has 0 aliphatic rings. The number of aromatic nitrogens is 2. The zero-order valence-electron chi connectivity index (χ0n) is 12.3. The van der Waals surface area contributed by atoms with Gasteiger partial charge in [-0.05, 0) is 55.0 Å². The third-order valence-electron chi connectivity index (χ3n) is 3.31. The van der Waals surface area contributed by atoms with Gasteiger partial charge in [-0.1, -0.05) is 6.07 Å². The molecule has 1 amide bonds. The molecule has 0 saturated heterocycles. The SMILES string of the molecule is Cc1ccc(O)c(NC(=O)c2ccn(-c3ccc(F)cc3)n2)c1. The lowest BCUT2D eigenvalue weighted by Crippen LogP contribution is -2.13. The second-order valence-corrected chi connectivity index (χ2v) is 5.10. The highest BCUT2D eigenvalue weighted by molar-refractivity contribution is 6.03. The van der Waals surface area contributed by atoms with Crippen LogP contribution in [0.15, 0.2) is 54.7 Å². The van der Waals surface area contributed by atoms with E-state index in [1.807, 2.05) is 6.92 Å². The molecular weight excluding hydrogens is 297 g/mol. The molecule has 0 fully saturated rings. The Bertz CT molecular complexity index is 857. The molecule has 2 aromatic carbocycles. The molecule has 0 spiro atoms. The minimum absolute atomic E-state index is 0.0121. The lowest BCUT2D eigenvalue weighted by Gasteiger charge is -2.06. The summed E-state index contributed by atoms with van der Waals surface area (Å²) in [6.45, 7) is 1.86. The molecule has 23 heavy (non-hydrogen) atoms. The normalized spacial score (nSPS) is 10.5. The van der Waals surface area contributed by atoms with Gasteiger partial charge >= 0.3 is 0 Å². The molecule has 0 unspecified atom stereocenters. The largest absolute Gasteiger partial charge is 0.506 e. The summed E-state index contributed by atoms with van der Waals surface area (Å²) >= 11 is 0. The molecule has 0 bridgehead atoms. The number of carbonyl (C=O) groups excluding carboxylic acids is 1. The van der Waals surface area contributed by atoms with Crippen LogP contribution in [0.5, 0.6) is 5.75 Å². The maximum Gasteiger partial charge on any atom is 0.276 e. The quantitative estimate of drug-likeness (QED) is 0.729. The zero-order chi connectivity index (χ0) is 16.4. The topological polar surface area (TPSA) is 67.2 Å². The van der Waals surface area contributed by atoms with Gasteiger partial charge in [-0.3, -0.25) is 4.79 Å². The van der Waals surface area contributed by atoms with Crippen LogP contribution in [-0.4, -0.2) is 20.8 Å². The standard InChI is InChI=1S/C17H14FN3O2/c1-11-2-7-16(22)15(10-11)19-17(23)14-8-9-21(20-14)13-5-3-12(18)4-6-13/h2-10,22H,1H3,(H,19,23). The van der Waals surface area contributed by atoms with E-state index in [1.54, 1.807) is 36.5 Å². The van der Waals surface area contributed by atoms with E-state index < -0.39 is 5.91 Å². The third kappa shape index (κ3) is 3.21. The molecule has 0 aliphatic carbocycles. The van der Waals surface area contributed by atoms with Crippen LogP contribution in [0.2, 0.25) is 0 Å². The van der Waals surface area contributed by atoms with E-state index in [4.69, 9.17) is 0 Å². The number of nitrogens with zero attached hydrogens (tertiary/aromatic N) is 2. The van der Waals surface area contributed by atoms with Gasteiger partial charge in [0.15, 0.2) is 5.69 Å². The fourth-order valence-electron chi connectivity index (χ4n) is 2.12. The minimum atomic E-state index is -0.438. The zero-order valence-corrected chi connectivity index (χ0v) is 12.3. The van der Waals surface area contributed by atoms with Crippen LogP contribution < -0.4 is 5.32 Å². The molecular formula is C17H14FN3O2. The highest BCUT2D eigenvalue weighted by atomic mass is 19.1. The second kappa shape index (κ2) is 5.92. The Morgan fingerprint density at radius 2 is 1.91 bits per heavy atom. The highest BCUT2D eigenvalue weighted by Crippen LogP contribution is 2.24. The van der Waals surface area contributed by atoms with Crippen molar-refractivity contribution < 1.29 is 14.3 Å². The van der Waals surface area contributed by atoms with Crippen molar-refractivity contribution in [2.45, 2.75) is 6.92 Å². The van der Waals surface area contributed by atoms with Gasteiger partial charge in [0.05, 0.1) is 11.4 Å². The first-order chi connectivity index (χ1) is 11.0. The Kier molecular flexibility index (Phi) is 3.80. The maximum atomic E-state index is 12.9. The van der Waals surface area contributed by atoms with Crippen molar-refractivity contribution in [3.8, 4) is 11.4 Å². The van der Waals surface area contributed by atoms with Gasteiger partial charge in [0.25, 0.3) is 5.91 Å². The molecule has 2 N–H and O–H groups in total. The number of hydrogen-bond donors (Lipinski definition) is 2. The number of hydrogen-bond acceptors (Lipinski definition) is 3. The van der Waals surface area contributed by atoms with Gasteiger partial charge in [0.2, 0.25) is 0 Å². The van der Waals surface area contributed by atoms with Crippen LogP contribution >= 0.6 is 0 Å². The van der Waals surface area contributed by atoms with Crippen molar-refractivity contribution >= 4 is 11.6 Å². The van der Waals surface area contributed by atoms with Gasteiger partial charge in [0, 0.05) is 6.20 Å². The summed E-state index contributed by atoms with van der Waals surface area (Å²) in [6.07, 6.45) is 1.61. The van der Waals surface area contributed by atoms with Crippen molar-refractivity contribution in [3.63, 3.8) is 0 Å². The lowest BCUT2D eigenvalue weighted by molar-refractivity contribution is 0.102. The Labute approximate surface area is 132 Å². The molecule has 0 saturated carbocycles. The lowest BCUT2D eigenvalue weighted by atomic mass is 10.2. The van der Waals surface area contributed by atoms with Gasteiger partial charge < -0.3 is 10.4 Å². The van der Waals surface area contributed by atoms with Crippen LogP contribution in [0.4, 0.5) is 10.1 Å². The predicted molar refractivity (Wildman–Crippen MR) is 84.3 cm³/mol. The van der Waals surface area contributed by atoms with E-state index in [-0.39, 0.29) is 17.3 Å². The van der Waals surface area contributed by atoms with Crippen molar-refractivity contribution in [1.82, 2.24) is 9.78 Å². The van der Waals surface area contributed by atoms with Gasteiger partial charge in [-0.2, -0.15) is 5.10 Å². The highest BCUT2D eigenvalue weighted by Gasteiger charge is 2.12. The van der Waals surface area contributed by atoms with E-state index in [9.17, 15) is 14.3 Å². The number of phenolic OH excluding ortho intramolecular Hbond substituents is 1. The molecule has 1 heterocycles. The van der Waals surface area contributed by atoms with Crippen molar-refractivity contribution in [1.29, 1.82) is 0 Å². The number of carbonyl (C=O) groups is 1. The number of aryl methyl sites for hydroxylation is 1. The number of aromatic hydroxyl groups is 1. The van der Waals surface area contributed by atoms with E-state index in [0.717, 1.165) is 5.56 Å². The third-order valence-corrected chi connectivity index (χ3v) is 3.31. The number of rotatable bonds is 3. The van der Waals surface area contributed by atoms with Crippen LogP contribution in [0.3, 0.4) is 0 Å². The first kappa shape index (κ1) is 14.8. The number of halogens is 1. The Morgan fingerprint density at radius 3 is 2.65 bits per heavy atom. The van der Waals surface area contributed by atoms with E-state index in [2.05, 4.69) is 10.4 Å². The predicted octanol–water partition coefficient (Wildman–Crippen LogP) is 3.28. The monoisotopic (exact) mass is 311 g/mol. The van der Waals surface area contributed by atoms with Crippen molar-refractivity contribution in [2.75, 3.05) is 5.32 Å². The average Bonchev–Trinajstić information content (AvgIpc) is 3.02. The van der Waals surface area contributed by atoms with E-state index in [0.29, 0.717) is 11.4 Å². The summed E-state index contributed by atoms with van der Waals surface area (Å²) in [7, 11) is 0. The Balaban J connectivity index is 1.81. The maximum absolute atomic E-state index is 12.9. The van der Waals surface area contributed by atoms with Crippen molar-refractivity contribution in [3.05, 3.63) is 71.8 Å². The number of anilines is 1. The first-order valence-corrected chi connectivity index (χ1v) is 6.95. The molecule has 3 rings (SSSR count). The fourth-order valence-corrected chi connectivity index (χ4v) is 2.12. The van der Waals surface area contributed by atoms with Gasteiger partial charge in [-0.25, -0.2) is 9.07 Å². The summed E-state index contributed by atoms with van der Waals surface area (Å²) in [6, 6.07) is 12.3. The average molecular weight is 311 g/mol. The molecule has 1 aromatic heterocycles. The number of phenols is 1. The fraction of sp³-hybridized carbons (Fsp3) is 0.0588. The smallest absolute Gasteiger partial charge is 0.276 e. The van der Waals surface area contributed by atoms with Crippen LogP contribution in [0.25, 0.3) is 5.69 Å². The van der Waals surface area contributed by atoms with Crippen LogP contribution in [-0.2, 0) is 0 Å². The molecule has 5 nitrogen and oxygen atoms in total. The summed E-state index contributed by atoms with van der Waals surface area (Å²) in [5, 5.41) is 16.5. The minimum Gasteiger partial charge on any atom is -0.506 e. The Morgan fingerprint density at radius 1 is 1.17 bits per heavy atom. The van der Waals surface area contributed by atoms with Crippen LogP contribution in [0.1, 0.15) is 16.1 Å². The van der Waals surface area contributed by atoms with Gasteiger partial charge in [0.1, 0.15) is 11.6 Å². The second-order valence-electron chi connectivity index (χ2n) is 5.10. The molecule has 0 atom stereocenters. The molecule has 0 radical (unpaired) electrons.